The first-order valence-electron chi connectivity index (χ1n) is 6.23. The standard InChI is InChI=1S/C13H17BrN2O2S/c14-10-1-2-12(11(9-10)13(17)18)15-3-4-16-5-7-19-8-6-16/h1-2,9,15H,3-8H2,(H,17,18). The van der Waals surface area contributed by atoms with E-state index >= 15 is 0 Å². The van der Waals surface area contributed by atoms with Gasteiger partial charge in [0.25, 0.3) is 0 Å². The van der Waals surface area contributed by atoms with Crippen LogP contribution >= 0.6 is 27.7 Å². The molecule has 1 aliphatic heterocycles. The molecule has 19 heavy (non-hydrogen) atoms. The van der Waals surface area contributed by atoms with Crippen LogP contribution in [0.2, 0.25) is 0 Å². The number of carboxylic acids is 1. The largest absolute Gasteiger partial charge is 0.478 e. The quantitative estimate of drug-likeness (QED) is 0.859. The Morgan fingerprint density at radius 3 is 2.84 bits per heavy atom. The second-order valence-corrected chi connectivity index (χ2v) is 6.52. The van der Waals surface area contributed by atoms with Gasteiger partial charge in [-0.15, -0.1) is 0 Å². The highest BCUT2D eigenvalue weighted by Crippen LogP contribution is 2.21. The van der Waals surface area contributed by atoms with Crippen LogP contribution in [0.4, 0.5) is 5.69 Å². The summed E-state index contributed by atoms with van der Waals surface area (Å²) in [4.78, 5) is 13.6. The predicted octanol–water partition coefficient (Wildman–Crippen LogP) is 2.61. The van der Waals surface area contributed by atoms with Gasteiger partial charge in [0.1, 0.15) is 0 Å². The third-order valence-electron chi connectivity index (χ3n) is 3.06. The lowest BCUT2D eigenvalue weighted by atomic mass is 10.2. The van der Waals surface area contributed by atoms with Crippen molar-refractivity contribution >= 4 is 39.3 Å². The van der Waals surface area contributed by atoms with E-state index in [0.717, 1.165) is 30.7 Å². The number of rotatable bonds is 5. The summed E-state index contributed by atoms with van der Waals surface area (Å²) in [5.74, 6) is 1.48. The summed E-state index contributed by atoms with van der Waals surface area (Å²) in [5, 5.41) is 12.4. The van der Waals surface area contributed by atoms with Gasteiger partial charge in [-0.3, -0.25) is 4.90 Å². The SMILES string of the molecule is O=C(O)c1cc(Br)ccc1NCCN1CCSCC1. The number of hydrogen-bond donors (Lipinski definition) is 2. The minimum absolute atomic E-state index is 0.309. The zero-order chi connectivity index (χ0) is 13.7. The van der Waals surface area contributed by atoms with Gasteiger partial charge in [-0.05, 0) is 18.2 Å². The fourth-order valence-electron chi connectivity index (χ4n) is 2.02. The lowest BCUT2D eigenvalue weighted by Gasteiger charge is -2.26. The highest BCUT2D eigenvalue weighted by Gasteiger charge is 2.12. The summed E-state index contributed by atoms with van der Waals surface area (Å²) >= 11 is 5.29. The van der Waals surface area contributed by atoms with E-state index in [9.17, 15) is 4.79 Å². The van der Waals surface area contributed by atoms with E-state index < -0.39 is 5.97 Å². The van der Waals surface area contributed by atoms with Gasteiger partial charge in [-0.2, -0.15) is 11.8 Å². The van der Waals surface area contributed by atoms with E-state index in [2.05, 4.69) is 26.1 Å². The van der Waals surface area contributed by atoms with Crippen molar-refractivity contribution in [2.24, 2.45) is 0 Å². The Hall–Kier alpha value is -0.720. The number of carbonyl (C=O) groups is 1. The molecule has 1 heterocycles. The van der Waals surface area contributed by atoms with Gasteiger partial charge < -0.3 is 10.4 Å². The Bertz CT molecular complexity index is 450. The van der Waals surface area contributed by atoms with Gasteiger partial charge in [0.15, 0.2) is 0 Å². The molecule has 2 N–H and O–H groups in total. The van der Waals surface area contributed by atoms with Gasteiger partial charge in [0, 0.05) is 47.8 Å². The van der Waals surface area contributed by atoms with Crippen molar-refractivity contribution in [2.75, 3.05) is 43.0 Å². The average molecular weight is 345 g/mol. The predicted molar refractivity (Wildman–Crippen MR) is 83.4 cm³/mol. The minimum atomic E-state index is -0.904. The molecule has 1 aromatic carbocycles. The van der Waals surface area contributed by atoms with E-state index in [1.165, 1.54) is 11.5 Å². The minimum Gasteiger partial charge on any atom is -0.478 e. The molecule has 0 aromatic heterocycles. The fraction of sp³-hybridized carbons (Fsp3) is 0.462. The molecule has 0 spiro atoms. The van der Waals surface area contributed by atoms with Crippen molar-refractivity contribution in [3.63, 3.8) is 0 Å². The number of anilines is 1. The van der Waals surface area contributed by atoms with Crippen LogP contribution in [0.25, 0.3) is 0 Å². The Balaban J connectivity index is 1.89. The van der Waals surface area contributed by atoms with Crippen molar-refractivity contribution in [1.82, 2.24) is 4.90 Å². The number of aromatic carboxylic acids is 1. The van der Waals surface area contributed by atoms with Gasteiger partial charge >= 0.3 is 5.97 Å². The Kier molecular flexibility index (Phi) is 5.54. The van der Waals surface area contributed by atoms with E-state index in [1.54, 1.807) is 12.1 Å². The van der Waals surface area contributed by atoms with Crippen molar-refractivity contribution in [1.29, 1.82) is 0 Å². The molecule has 1 fully saturated rings. The molecule has 2 rings (SSSR count). The first-order chi connectivity index (χ1) is 9.16. The molecule has 0 amide bonds. The van der Waals surface area contributed by atoms with Crippen molar-refractivity contribution in [2.45, 2.75) is 0 Å². The lowest BCUT2D eigenvalue weighted by molar-refractivity contribution is 0.0698. The highest BCUT2D eigenvalue weighted by atomic mass is 79.9. The van der Waals surface area contributed by atoms with Gasteiger partial charge in [-0.1, -0.05) is 15.9 Å². The Morgan fingerprint density at radius 2 is 2.16 bits per heavy atom. The molecule has 6 heteroatoms. The second kappa shape index (κ2) is 7.17. The smallest absolute Gasteiger partial charge is 0.337 e. The van der Waals surface area contributed by atoms with Crippen molar-refractivity contribution in [3.8, 4) is 0 Å². The first kappa shape index (κ1) is 14.7. The van der Waals surface area contributed by atoms with E-state index in [0.29, 0.717) is 11.3 Å². The van der Waals surface area contributed by atoms with Crippen LogP contribution in [0.1, 0.15) is 10.4 Å². The van der Waals surface area contributed by atoms with Crippen LogP contribution < -0.4 is 5.32 Å². The fourth-order valence-corrected chi connectivity index (χ4v) is 3.36. The lowest BCUT2D eigenvalue weighted by Crippen LogP contribution is -2.36. The first-order valence-corrected chi connectivity index (χ1v) is 8.18. The van der Waals surface area contributed by atoms with E-state index in [-0.39, 0.29) is 0 Å². The summed E-state index contributed by atoms with van der Waals surface area (Å²) in [6.07, 6.45) is 0. The topological polar surface area (TPSA) is 52.6 Å². The molecule has 0 bridgehead atoms. The monoisotopic (exact) mass is 344 g/mol. The zero-order valence-electron chi connectivity index (χ0n) is 10.6. The Morgan fingerprint density at radius 1 is 1.42 bits per heavy atom. The maximum Gasteiger partial charge on any atom is 0.337 e. The van der Waals surface area contributed by atoms with E-state index in [1.807, 2.05) is 17.8 Å². The van der Waals surface area contributed by atoms with Crippen molar-refractivity contribution in [3.05, 3.63) is 28.2 Å². The molecule has 1 aromatic rings. The Labute approximate surface area is 125 Å². The van der Waals surface area contributed by atoms with Crippen LogP contribution in [-0.2, 0) is 0 Å². The number of halogens is 1. The number of thioether (sulfide) groups is 1. The molecule has 0 aliphatic carbocycles. The zero-order valence-corrected chi connectivity index (χ0v) is 13.0. The maximum absolute atomic E-state index is 11.2. The highest BCUT2D eigenvalue weighted by molar-refractivity contribution is 9.10. The van der Waals surface area contributed by atoms with Gasteiger partial charge in [-0.25, -0.2) is 4.79 Å². The molecule has 0 unspecified atom stereocenters. The third-order valence-corrected chi connectivity index (χ3v) is 4.49. The van der Waals surface area contributed by atoms with Crippen LogP contribution in [0.15, 0.2) is 22.7 Å². The van der Waals surface area contributed by atoms with Crippen LogP contribution in [-0.4, -0.2) is 53.7 Å². The summed E-state index contributed by atoms with van der Waals surface area (Å²) < 4.78 is 0.781. The second-order valence-electron chi connectivity index (χ2n) is 4.38. The van der Waals surface area contributed by atoms with E-state index in [4.69, 9.17) is 5.11 Å². The normalized spacial score (nSPS) is 16.3. The van der Waals surface area contributed by atoms with Crippen LogP contribution in [0.5, 0.6) is 0 Å². The third kappa shape index (κ3) is 4.40. The van der Waals surface area contributed by atoms with Crippen LogP contribution in [0.3, 0.4) is 0 Å². The molecule has 1 aliphatic rings. The maximum atomic E-state index is 11.2. The number of benzene rings is 1. The molecular formula is C13H17BrN2O2S. The summed E-state index contributed by atoms with van der Waals surface area (Å²) in [7, 11) is 0. The number of nitrogens with zero attached hydrogens (tertiary/aromatic N) is 1. The summed E-state index contributed by atoms with van der Waals surface area (Å²) in [5.41, 5.74) is 0.991. The molecule has 0 saturated carbocycles. The molecule has 0 atom stereocenters. The summed E-state index contributed by atoms with van der Waals surface area (Å²) in [6, 6.07) is 5.29. The van der Waals surface area contributed by atoms with Crippen molar-refractivity contribution < 1.29 is 9.90 Å². The number of carboxylic acid groups (broad SMARTS) is 1. The molecule has 4 nitrogen and oxygen atoms in total. The molecule has 104 valence electrons. The number of nitrogens with one attached hydrogen (secondary N) is 1. The van der Waals surface area contributed by atoms with Crippen LogP contribution in [0, 0.1) is 0 Å². The average Bonchev–Trinajstić information content (AvgIpc) is 2.41. The molecule has 0 radical (unpaired) electrons. The van der Waals surface area contributed by atoms with Gasteiger partial charge in [0.05, 0.1) is 5.56 Å². The summed E-state index contributed by atoms with van der Waals surface area (Å²) in [6.45, 7) is 3.97. The van der Waals surface area contributed by atoms with Gasteiger partial charge in [0.2, 0.25) is 0 Å². The molecule has 1 saturated heterocycles. The number of hydrogen-bond acceptors (Lipinski definition) is 4. The molecular weight excluding hydrogens is 328 g/mol.